The molecule has 6 nitrogen and oxygen atoms in total. The Morgan fingerprint density at radius 2 is 2.32 bits per heavy atom. The minimum Gasteiger partial charge on any atom is -0.268 e. The van der Waals surface area contributed by atoms with Crippen molar-refractivity contribution in [3.8, 4) is 17.3 Å². The molecule has 112 valence electrons. The number of nitrogens with zero attached hydrogens (tertiary/aromatic N) is 6. The third-order valence-corrected chi connectivity index (χ3v) is 3.87. The minimum atomic E-state index is 0.122. The largest absolute Gasteiger partial charge is 0.268 e. The van der Waals surface area contributed by atoms with Crippen LogP contribution in [-0.2, 0) is 6.42 Å². The highest BCUT2D eigenvalue weighted by Gasteiger charge is 2.18. The number of fused-ring (bicyclic) bond motifs is 1. The molecule has 0 saturated carbocycles. The highest BCUT2D eigenvalue weighted by molar-refractivity contribution is 5.83. The monoisotopic (exact) mass is 294 g/mol. The van der Waals surface area contributed by atoms with Crippen LogP contribution in [0.5, 0.6) is 0 Å². The molecule has 0 spiro atoms. The van der Waals surface area contributed by atoms with Crippen molar-refractivity contribution in [1.29, 1.82) is 5.26 Å². The Kier molecular flexibility index (Phi) is 4.24. The lowest BCUT2D eigenvalue weighted by Crippen LogP contribution is -2.08. The lowest BCUT2D eigenvalue weighted by Gasteiger charge is -2.13. The van der Waals surface area contributed by atoms with Crippen molar-refractivity contribution < 1.29 is 0 Å². The summed E-state index contributed by atoms with van der Waals surface area (Å²) >= 11 is 0. The Hall–Kier alpha value is -2.55. The van der Waals surface area contributed by atoms with Gasteiger partial charge in [-0.3, -0.25) is 9.67 Å². The van der Waals surface area contributed by atoms with Gasteiger partial charge in [0.15, 0.2) is 0 Å². The van der Waals surface area contributed by atoms with Gasteiger partial charge >= 0.3 is 0 Å². The molecule has 0 aromatic carbocycles. The van der Waals surface area contributed by atoms with E-state index >= 15 is 0 Å². The SMILES string of the molecule is CCCCC(CC#N)n1cc(-c2ncnc3c2N=CC3)cn1. The van der Waals surface area contributed by atoms with Crippen LogP contribution in [0.3, 0.4) is 0 Å². The second kappa shape index (κ2) is 6.48. The standard InChI is InChI=1S/C16H18N6/c1-2-3-4-13(5-7-17)22-10-12(9-21-22)15-16-14(6-8-18-16)19-11-20-15/h8-11,13H,2-6H2,1H3. The normalized spacial score (nSPS) is 13.8. The van der Waals surface area contributed by atoms with Gasteiger partial charge in [0.2, 0.25) is 0 Å². The molecule has 1 aliphatic heterocycles. The Balaban J connectivity index is 1.89. The lowest BCUT2D eigenvalue weighted by molar-refractivity contribution is 0.418. The molecule has 0 fully saturated rings. The molecule has 0 bridgehead atoms. The fourth-order valence-electron chi connectivity index (χ4n) is 2.67. The van der Waals surface area contributed by atoms with Gasteiger partial charge in [0, 0.05) is 24.4 Å². The van der Waals surface area contributed by atoms with Crippen LogP contribution >= 0.6 is 0 Å². The van der Waals surface area contributed by atoms with E-state index < -0.39 is 0 Å². The van der Waals surface area contributed by atoms with Crippen LogP contribution < -0.4 is 0 Å². The van der Waals surface area contributed by atoms with Crippen LogP contribution in [0, 0.1) is 11.3 Å². The Bertz CT molecular complexity index is 724. The van der Waals surface area contributed by atoms with E-state index in [0.717, 1.165) is 48.3 Å². The summed E-state index contributed by atoms with van der Waals surface area (Å²) in [4.78, 5) is 13.0. The maximum atomic E-state index is 9.02. The summed E-state index contributed by atoms with van der Waals surface area (Å²) in [6.07, 6.45) is 11.6. The molecular formula is C16H18N6. The van der Waals surface area contributed by atoms with Gasteiger partial charge < -0.3 is 0 Å². The fourth-order valence-corrected chi connectivity index (χ4v) is 2.67. The molecule has 2 aromatic rings. The van der Waals surface area contributed by atoms with Crippen molar-refractivity contribution in [3.63, 3.8) is 0 Å². The molecule has 0 radical (unpaired) electrons. The molecule has 3 rings (SSSR count). The van der Waals surface area contributed by atoms with E-state index in [0.29, 0.717) is 6.42 Å². The van der Waals surface area contributed by atoms with E-state index in [4.69, 9.17) is 5.26 Å². The first-order valence-corrected chi connectivity index (χ1v) is 7.61. The van der Waals surface area contributed by atoms with Gasteiger partial charge in [0.1, 0.15) is 17.7 Å². The molecule has 6 heteroatoms. The van der Waals surface area contributed by atoms with Gasteiger partial charge in [-0.1, -0.05) is 19.8 Å². The van der Waals surface area contributed by atoms with Crippen LogP contribution in [0.2, 0.25) is 0 Å². The van der Waals surface area contributed by atoms with E-state index in [1.165, 1.54) is 0 Å². The smallest absolute Gasteiger partial charge is 0.116 e. The topological polar surface area (TPSA) is 79.8 Å². The molecule has 22 heavy (non-hydrogen) atoms. The van der Waals surface area contributed by atoms with Crippen LogP contribution in [0.4, 0.5) is 5.69 Å². The minimum absolute atomic E-state index is 0.122. The number of rotatable bonds is 6. The van der Waals surface area contributed by atoms with Crippen LogP contribution in [0.1, 0.15) is 44.3 Å². The molecule has 1 unspecified atom stereocenters. The first-order valence-electron chi connectivity index (χ1n) is 7.61. The van der Waals surface area contributed by atoms with E-state index in [2.05, 4.69) is 33.1 Å². The zero-order valence-corrected chi connectivity index (χ0v) is 12.6. The van der Waals surface area contributed by atoms with Crippen LogP contribution in [0.25, 0.3) is 11.3 Å². The van der Waals surface area contributed by atoms with Crippen molar-refractivity contribution in [3.05, 3.63) is 24.4 Å². The molecule has 0 aliphatic carbocycles. The van der Waals surface area contributed by atoms with E-state index in [9.17, 15) is 0 Å². The lowest BCUT2D eigenvalue weighted by atomic mass is 10.1. The summed E-state index contributed by atoms with van der Waals surface area (Å²) in [5, 5.41) is 13.5. The highest BCUT2D eigenvalue weighted by Crippen LogP contribution is 2.33. The van der Waals surface area contributed by atoms with Gasteiger partial charge in [0.25, 0.3) is 0 Å². The number of hydrogen-bond acceptors (Lipinski definition) is 5. The number of unbranched alkanes of at least 4 members (excludes halogenated alkanes) is 1. The third kappa shape index (κ3) is 2.75. The van der Waals surface area contributed by atoms with Crippen molar-refractivity contribution in [2.45, 2.75) is 45.1 Å². The average Bonchev–Trinajstić information content (AvgIpc) is 3.19. The van der Waals surface area contributed by atoms with Crippen molar-refractivity contribution >= 4 is 11.9 Å². The first-order chi connectivity index (χ1) is 10.8. The highest BCUT2D eigenvalue weighted by atomic mass is 15.3. The van der Waals surface area contributed by atoms with Gasteiger partial charge in [-0.25, -0.2) is 9.97 Å². The van der Waals surface area contributed by atoms with Crippen LogP contribution in [-0.4, -0.2) is 26.0 Å². The van der Waals surface area contributed by atoms with Crippen molar-refractivity contribution in [2.75, 3.05) is 0 Å². The summed E-state index contributed by atoms with van der Waals surface area (Å²) in [7, 11) is 0. The molecule has 3 heterocycles. The van der Waals surface area contributed by atoms with E-state index in [-0.39, 0.29) is 6.04 Å². The molecule has 0 N–H and O–H groups in total. The number of nitriles is 1. The summed E-state index contributed by atoms with van der Waals surface area (Å²) in [6, 6.07) is 2.38. The number of aliphatic imine (C=N–C) groups is 1. The summed E-state index contributed by atoms with van der Waals surface area (Å²) in [6.45, 7) is 2.15. The van der Waals surface area contributed by atoms with Gasteiger partial charge in [-0.15, -0.1) is 0 Å². The van der Waals surface area contributed by atoms with E-state index in [1.54, 1.807) is 12.5 Å². The number of hydrogen-bond donors (Lipinski definition) is 0. The second-order valence-electron chi connectivity index (χ2n) is 5.40. The quantitative estimate of drug-likeness (QED) is 0.819. The number of aromatic nitrogens is 4. The average molecular weight is 294 g/mol. The Morgan fingerprint density at radius 3 is 3.14 bits per heavy atom. The Morgan fingerprint density at radius 1 is 1.41 bits per heavy atom. The van der Waals surface area contributed by atoms with E-state index in [1.807, 2.05) is 17.1 Å². The molecule has 2 aromatic heterocycles. The molecule has 0 saturated heterocycles. The summed E-state index contributed by atoms with van der Waals surface area (Å²) in [5.74, 6) is 0. The van der Waals surface area contributed by atoms with Crippen molar-refractivity contribution in [1.82, 2.24) is 19.7 Å². The zero-order chi connectivity index (χ0) is 15.4. The Labute approximate surface area is 129 Å². The molecule has 1 atom stereocenters. The second-order valence-corrected chi connectivity index (χ2v) is 5.40. The first kappa shape index (κ1) is 14.4. The molecule has 0 amide bonds. The maximum absolute atomic E-state index is 9.02. The summed E-state index contributed by atoms with van der Waals surface area (Å²) < 4.78 is 1.89. The summed E-state index contributed by atoms with van der Waals surface area (Å²) in [5.41, 5.74) is 3.54. The van der Waals surface area contributed by atoms with Gasteiger partial charge in [-0.05, 0) is 6.42 Å². The predicted molar refractivity (Wildman–Crippen MR) is 83.9 cm³/mol. The maximum Gasteiger partial charge on any atom is 0.116 e. The van der Waals surface area contributed by atoms with Crippen LogP contribution in [0.15, 0.2) is 23.7 Å². The van der Waals surface area contributed by atoms with Gasteiger partial charge in [0.05, 0.1) is 30.4 Å². The fraction of sp³-hybridized carbons (Fsp3) is 0.438. The molecular weight excluding hydrogens is 276 g/mol. The molecule has 1 aliphatic rings. The van der Waals surface area contributed by atoms with Crippen molar-refractivity contribution in [2.24, 2.45) is 4.99 Å². The third-order valence-electron chi connectivity index (χ3n) is 3.87. The predicted octanol–water partition coefficient (Wildman–Crippen LogP) is 3.24. The zero-order valence-electron chi connectivity index (χ0n) is 12.6. The van der Waals surface area contributed by atoms with Gasteiger partial charge in [-0.2, -0.15) is 10.4 Å².